The van der Waals surface area contributed by atoms with Crippen LogP contribution < -0.4 is 5.32 Å². The summed E-state index contributed by atoms with van der Waals surface area (Å²) in [5.74, 6) is 0.468. The lowest BCUT2D eigenvalue weighted by atomic mass is 10.0. The number of hydrogen-bond acceptors (Lipinski definition) is 4. The summed E-state index contributed by atoms with van der Waals surface area (Å²) in [4.78, 5) is 10.7. The minimum atomic E-state index is -0.449. The van der Waals surface area contributed by atoms with Crippen LogP contribution in [0.5, 0.6) is 0 Å². The minimum Gasteiger partial charge on any atom is -0.370 e. The molecule has 2 atom stereocenters. The van der Waals surface area contributed by atoms with Crippen LogP contribution in [0.3, 0.4) is 0 Å². The largest absolute Gasteiger partial charge is 0.370 e. The van der Waals surface area contributed by atoms with Crippen LogP contribution >= 0.6 is 11.6 Å². The zero-order valence-electron chi connectivity index (χ0n) is 10.9. The molecule has 0 aliphatic carbocycles. The van der Waals surface area contributed by atoms with Gasteiger partial charge in [-0.25, -0.2) is 0 Å². The highest BCUT2D eigenvalue weighted by Gasteiger charge is 2.30. The van der Waals surface area contributed by atoms with E-state index in [1.807, 2.05) is 0 Å². The first-order valence-corrected chi connectivity index (χ1v) is 6.66. The van der Waals surface area contributed by atoms with Gasteiger partial charge in [0.05, 0.1) is 17.1 Å². The number of nitrogens with zero attached hydrogens (tertiary/aromatic N) is 1. The van der Waals surface area contributed by atoms with Crippen molar-refractivity contribution in [1.29, 1.82) is 0 Å². The summed E-state index contributed by atoms with van der Waals surface area (Å²) in [5, 5.41) is 14.6. The van der Waals surface area contributed by atoms with Crippen LogP contribution in [-0.4, -0.2) is 24.1 Å². The molecule has 5 nitrogen and oxygen atoms in total. The second-order valence-corrected chi connectivity index (χ2v) is 5.42. The number of nitrogens with one attached hydrogen (secondary N) is 1. The van der Waals surface area contributed by atoms with E-state index < -0.39 is 4.92 Å². The van der Waals surface area contributed by atoms with E-state index in [0.717, 1.165) is 0 Å². The van der Waals surface area contributed by atoms with Gasteiger partial charge in [0.2, 0.25) is 0 Å². The van der Waals surface area contributed by atoms with E-state index in [0.29, 0.717) is 24.6 Å². The molecule has 1 fully saturated rings. The first kappa shape index (κ1) is 14.2. The summed E-state index contributed by atoms with van der Waals surface area (Å²) in [5.41, 5.74) is 0.478. The number of ether oxygens (including phenoxy) is 1. The first-order valence-electron chi connectivity index (χ1n) is 6.28. The summed E-state index contributed by atoms with van der Waals surface area (Å²) >= 11 is 5.91. The maximum atomic E-state index is 11.1. The number of nitro benzene ring substituents is 1. The predicted octanol–water partition coefficient (Wildman–Crippen LogP) is 2.93. The molecule has 1 saturated heterocycles. The third-order valence-electron chi connectivity index (χ3n) is 3.39. The van der Waals surface area contributed by atoms with E-state index in [4.69, 9.17) is 16.3 Å². The van der Waals surface area contributed by atoms with Crippen molar-refractivity contribution in [2.45, 2.75) is 26.0 Å². The molecule has 0 radical (unpaired) electrons. The summed E-state index contributed by atoms with van der Waals surface area (Å²) in [6, 6.07) is 5.22. The van der Waals surface area contributed by atoms with Gasteiger partial charge < -0.3 is 10.1 Å². The smallest absolute Gasteiger partial charge is 0.293 e. The maximum Gasteiger partial charge on any atom is 0.293 e. The average Bonchev–Trinajstić information content (AvgIpc) is 2.38. The fourth-order valence-corrected chi connectivity index (χ4v) is 2.46. The van der Waals surface area contributed by atoms with E-state index in [2.05, 4.69) is 19.2 Å². The molecular weight excluding hydrogens is 268 g/mol. The van der Waals surface area contributed by atoms with Crippen molar-refractivity contribution >= 4 is 17.3 Å². The summed E-state index contributed by atoms with van der Waals surface area (Å²) < 4.78 is 5.76. The normalized spacial score (nSPS) is 23.6. The Hall–Kier alpha value is -1.17. The second-order valence-electron chi connectivity index (χ2n) is 5.02. The van der Waals surface area contributed by atoms with Crippen LogP contribution in [0.15, 0.2) is 18.2 Å². The quantitative estimate of drug-likeness (QED) is 0.685. The van der Waals surface area contributed by atoms with E-state index in [1.54, 1.807) is 12.1 Å². The van der Waals surface area contributed by atoms with Crippen molar-refractivity contribution in [2.75, 3.05) is 13.2 Å². The molecule has 1 aliphatic rings. The first-order chi connectivity index (χ1) is 9.00. The van der Waals surface area contributed by atoms with Gasteiger partial charge in [0.25, 0.3) is 5.69 Å². The Kier molecular flexibility index (Phi) is 4.39. The number of morpholine rings is 1. The highest BCUT2D eigenvalue weighted by Crippen LogP contribution is 2.34. The summed E-state index contributed by atoms with van der Waals surface area (Å²) in [6.07, 6.45) is -0.325. The molecule has 0 bridgehead atoms. The van der Waals surface area contributed by atoms with Crippen molar-refractivity contribution in [3.8, 4) is 0 Å². The Balaban J connectivity index is 2.20. The standard InChI is InChI=1S/C13H17ClN2O3/c1-8(2)11-7-19-12(6-15-11)9-4-3-5-10(14)13(9)16(17)18/h3-5,8,11-12,15H,6-7H2,1-2H3. The van der Waals surface area contributed by atoms with Crippen LogP contribution in [0, 0.1) is 16.0 Å². The molecule has 0 saturated carbocycles. The molecule has 1 aliphatic heterocycles. The molecule has 0 spiro atoms. The number of halogens is 1. The van der Waals surface area contributed by atoms with Crippen LogP contribution in [-0.2, 0) is 4.74 Å². The predicted molar refractivity (Wildman–Crippen MR) is 73.4 cm³/mol. The molecule has 1 N–H and O–H groups in total. The van der Waals surface area contributed by atoms with E-state index in [9.17, 15) is 10.1 Å². The van der Waals surface area contributed by atoms with Crippen molar-refractivity contribution in [3.05, 3.63) is 38.9 Å². The fourth-order valence-electron chi connectivity index (χ4n) is 2.21. The lowest BCUT2D eigenvalue weighted by Gasteiger charge is -2.32. The minimum absolute atomic E-state index is 0.0565. The summed E-state index contributed by atoms with van der Waals surface area (Å²) in [7, 11) is 0. The van der Waals surface area contributed by atoms with Gasteiger partial charge in [0.15, 0.2) is 0 Å². The number of hydrogen-bond donors (Lipinski definition) is 1. The third kappa shape index (κ3) is 3.05. The van der Waals surface area contributed by atoms with Gasteiger partial charge >= 0.3 is 0 Å². The topological polar surface area (TPSA) is 64.4 Å². The molecule has 1 heterocycles. The lowest BCUT2D eigenvalue weighted by molar-refractivity contribution is -0.386. The third-order valence-corrected chi connectivity index (χ3v) is 3.70. The molecule has 104 valence electrons. The van der Waals surface area contributed by atoms with E-state index >= 15 is 0 Å². The van der Waals surface area contributed by atoms with Gasteiger partial charge in [0, 0.05) is 12.6 Å². The van der Waals surface area contributed by atoms with Crippen LogP contribution in [0.4, 0.5) is 5.69 Å². The molecular formula is C13H17ClN2O3. The second kappa shape index (κ2) is 5.86. The van der Waals surface area contributed by atoms with Gasteiger partial charge in [-0.15, -0.1) is 0 Å². The molecule has 2 unspecified atom stereocenters. The van der Waals surface area contributed by atoms with Crippen LogP contribution in [0.25, 0.3) is 0 Å². The van der Waals surface area contributed by atoms with Gasteiger partial charge in [-0.2, -0.15) is 0 Å². The Morgan fingerprint density at radius 2 is 2.26 bits per heavy atom. The van der Waals surface area contributed by atoms with Crippen molar-refractivity contribution in [1.82, 2.24) is 5.32 Å². The molecule has 6 heteroatoms. The Morgan fingerprint density at radius 3 is 2.79 bits per heavy atom. The average molecular weight is 285 g/mol. The molecule has 1 aromatic rings. The fraction of sp³-hybridized carbons (Fsp3) is 0.538. The number of benzene rings is 1. The lowest BCUT2D eigenvalue weighted by Crippen LogP contribution is -2.45. The Bertz CT molecular complexity index is 471. The molecule has 0 amide bonds. The van der Waals surface area contributed by atoms with Gasteiger partial charge in [-0.1, -0.05) is 31.5 Å². The van der Waals surface area contributed by atoms with Crippen LogP contribution in [0.1, 0.15) is 25.5 Å². The highest BCUT2D eigenvalue weighted by molar-refractivity contribution is 6.32. The van der Waals surface area contributed by atoms with Crippen molar-refractivity contribution in [3.63, 3.8) is 0 Å². The number of nitro groups is 1. The monoisotopic (exact) mass is 284 g/mol. The van der Waals surface area contributed by atoms with E-state index in [1.165, 1.54) is 6.07 Å². The molecule has 2 rings (SSSR count). The molecule has 1 aromatic carbocycles. The van der Waals surface area contributed by atoms with Gasteiger partial charge in [-0.05, 0) is 18.1 Å². The van der Waals surface area contributed by atoms with Crippen molar-refractivity contribution < 1.29 is 9.66 Å². The number of rotatable bonds is 3. The van der Waals surface area contributed by atoms with Crippen LogP contribution in [0.2, 0.25) is 5.02 Å². The van der Waals surface area contributed by atoms with Gasteiger partial charge in [-0.3, -0.25) is 10.1 Å². The Morgan fingerprint density at radius 1 is 1.53 bits per heavy atom. The SMILES string of the molecule is CC(C)C1COC(c2cccc(Cl)c2[N+](=O)[O-])CN1. The zero-order valence-corrected chi connectivity index (χ0v) is 11.7. The molecule has 0 aromatic heterocycles. The van der Waals surface area contributed by atoms with E-state index in [-0.39, 0.29) is 22.9 Å². The Labute approximate surface area is 117 Å². The van der Waals surface area contributed by atoms with Gasteiger partial charge in [0.1, 0.15) is 11.1 Å². The van der Waals surface area contributed by atoms with Crippen molar-refractivity contribution in [2.24, 2.45) is 5.92 Å². The number of para-hydroxylation sites is 1. The zero-order chi connectivity index (χ0) is 14.0. The highest BCUT2D eigenvalue weighted by atomic mass is 35.5. The molecule has 19 heavy (non-hydrogen) atoms. The maximum absolute atomic E-state index is 11.1. The summed E-state index contributed by atoms with van der Waals surface area (Å²) in [6.45, 7) is 5.34.